The van der Waals surface area contributed by atoms with Crippen LogP contribution in [0.15, 0.2) is 60.8 Å². The third-order valence-corrected chi connectivity index (χ3v) is 4.01. The molecule has 0 aliphatic heterocycles. The zero-order valence-electron chi connectivity index (χ0n) is 14.0. The van der Waals surface area contributed by atoms with Gasteiger partial charge in [-0.15, -0.1) is 0 Å². The largest absolute Gasteiger partial charge is 0.340 e. The summed E-state index contributed by atoms with van der Waals surface area (Å²) in [5, 5.41) is 15.7. The molecule has 5 nitrogen and oxygen atoms in total. The smallest absolute Gasteiger partial charge is 0.257 e. The van der Waals surface area contributed by atoms with Crippen LogP contribution in [0.4, 0.5) is 17.2 Å². The van der Waals surface area contributed by atoms with E-state index in [9.17, 15) is 4.79 Å². The number of aryl methyl sites for hydroxylation is 1. The molecule has 1 heterocycles. The van der Waals surface area contributed by atoms with Crippen molar-refractivity contribution in [3.63, 3.8) is 0 Å². The van der Waals surface area contributed by atoms with Crippen LogP contribution in [0.25, 0.3) is 0 Å². The number of halogens is 1. The van der Waals surface area contributed by atoms with Crippen molar-refractivity contribution in [3.05, 3.63) is 82.5 Å². The summed E-state index contributed by atoms with van der Waals surface area (Å²) in [6.45, 7) is 1.95. The molecule has 0 unspecified atom stereocenters. The SMILES string of the molecule is Cc1cc(Cl)ccc1Nc1ccc(C(=O)Nc2ccccc2C#N)cn1. The third kappa shape index (κ3) is 4.00. The molecule has 0 fully saturated rings. The zero-order valence-corrected chi connectivity index (χ0v) is 14.7. The quantitative estimate of drug-likeness (QED) is 0.691. The summed E-state index contributed by atoms with van der Waals surface area (Å²) in [6.07, 6.45) is 1.48. The molecular weight excluding hydrogens is 348 g/mol. The van der Waals surface area contributed by atoms with E-state index in [0.29, 0.717) is 27.7 Å². The maximum atomic E-state index is 12.3. The molecule has 0 saturated carbocycles. The lowest BCUT2D eigenvalue weighted by Crippen LogP contribution is -2.13. The van der Waals surface area contributed by atoms with Gasteiger partial charge in [-0.1, -0.05) is 23.7 Å². The minimum atomic E-state index is -0.325. The maximum Gasteiger partial charge on any atom is 0.257 e. The fourth-order valence-electron chi connectivity index (χ4n) is 2.39. The number of nitrogens with one attached hydrogen (secondary N) is 2. The highest BCUT2D eigenvalue weighted by molar-refractivity contribution is 6.30. The van der Waals surface area contributed by atoms with Crippen molar-refractivity contribution < 1.29 is 4.79 Å². The Morgan fingerprint density at radius 3 is 2.62 bits per heavy atom. The number of hydrogen-bond donors (Lipinski definition) is 2. The van der Waals surface area contributed by atoms with Gasteiger partial charge in [-0.2, -0.15) is 5.26 Å². The Kier molecular flexibility index (Phi) is 5.16. The molecule has 0 aliphatic carbocycles. The second kappa shape index (κ2) is 7.68. The van der Waals surface area contributed by atoms with Gasteiger partial charge in [-0.05, 0) is 55.0 Å². The molecule has 1 aromatic heterocycles. The van der Waals surface area contributed by atoms with Crippen molar-refractivity contribution >= 4 is 34.7 Å². The zero-order chi connectivity index (χ0) is 18.5. The van der Waals surface area contributed by atoms with Crippen LogP contribution >= 0.6 is 11.6 Å². The molecule has 128 valence electrons. The van der Waals surface area contributed by atoms with Crippen molar-refractivity contribution in [2.45, 2.75) is 6.92 Å². The van der Waals surface area contributed by atoms with E-state index in [1.807, 2.05) is 25.1 Å². The van der Waals surface area contributed by atoms with Crippen molar-refractivity contribution in [3.8, 4) is 6.07 Å². The summed E-state index contributed by atoms with van der Waals surface area (Å²) in [5.74, 6) is 0.291. The van der Waals surface area contributed by atoms with Gasteiger partial charge < -0.3 is 10.6 Å². The summed E-state index contributed by atoms with van der Waals surface area (Å²) >= 11 is 5.96. The minimum Gasteiger partial charge on any atom is -0.340 e. The van der Waals surface area contributed by atoms with Crippen molar-refractivity contribution in [2.24, 2.45) is 0 Å². The molecule has 2 aromatic carbocycles. The van der Waals surface area contributed by atoms with Crippen LogP contribution in [0.2, 0.25) is 5.02 Å². The molecule has 0 aliphatic rings. The number of anilines is 3. The van der Waals surface area contributed by atoms with Crippen LogP contribution < -0.4 is 10.6 Å². The van der Waals surface area contributed by atoms with Crippen molar-refractivity contribution in [1.82, 2.24) is 4.98 Å². The molecule has 6 heteroatoms. The Balaban J connectivity index is 1.73. The van der Waals surface area contributed by atoms with Crippen LogP contribution in [0.1, 0.15) is 21.5 Å². The van der Waals surface area contributed by atoms with E-state index in [2.05, 4.69) is 15.6 Å². The molecule has 0 bridgehead atoms. The molecule has 2 N–H and O–H groups in total. The van der Waals surface area contributed by atoms with E-state index in [4.69, 9.17) is 16.9 Å². The molecule has 3 aromatic rings. The van der Waals surface area contributed by atoms with Gasteiger partial charge in [0, 0.05) is 16.9 Å². The number of nitriles is 1. The van der Waals surface area contributed by atoms with Crippen LogP contribution in [0.5, 0.6) is 0 Å². The van der Waals surface area contributed by atoms with Crippen LogP contribution in [0.3, 0.4) is 0 Å². The number of benzene rings is 2. The van der Waals surface area contributed by atoms with Gasteiger partial charge in [0.15, 0.2) is 0 Å². The van der Waals surface area contributed by atoms with Gasteiger partial charge in [-0.25, -0.2) is 4.98 Å². The number of carbonyl (C=O) groups is 1. The Hall–Kier alpha value is -3.36. The van der Waals surface area contributed by atoms with Gasteiger partial charge in [-0.3, -0.25) is 4.79 Å². The monoisotopic (exact) mass is 362 g/mol. The summed E-state index contributed by atoms with van der Waals surface area (Å²) in [6, 6.07) is 17.8. The highest BCUT2D eigenvalue weighted by Crippen LogP contribution is 2.23. The fraction of sp³-hybridized carbons (Fsp3) is 0.0500. The molecule has 0 saturated heterocycles. The number of rotatable bonds is 4. The first-order valence-electron chi connectivity index (χ1n) is 7.86. The van der Waals surface area contributed by atoms with Crippen molar-refractivity contribution in [1.29, 1.82) is 5.26 Å². The normalized spacial score (nSPS) is 10.0. The van der Waals surface area contributed by atoms with E-state index in [1.165, 1.54) is 6.20 Å². The second-order valence-electron chi connectivity index (χ2n) is 5.63. The molecular formula is C20H15ClN4O. The first kappa shape index (κ1) is 17.5. The van der Waals surface area contributed by atoms with Gasteiger partial charge in [0.25, 0.3) is 5.91 Å². The molecule has 3 rings (SSSR count). The summed E-state index contributed by atoms with van der Waals surface area (Å²) in [5.41, 5.74) is 3.16. The van der Waals surface area contributed by atoms with E-state index >= 15 is 0 Å². The number of nitrogens with zero attached hydrogens (tertiary/aromatic N) is 2. The Labute approximate surface area is 156 Å². The van der Waals surface area contributed by atoms with Gasteiger partial charge in [0.1, 0.15) is 11.9 Å². The molecule has 0 radical (unpaired) electrons. The Bertz CT molecular complexity index is 993. The molecule has 0 spiro atoms. The number of pyridine rings is 1. The maximum absolute atomic E-state index is 12.3. The fourth-order valence-corrected chi connectivity index (χ4v) is 2.62. The number of amides is 1. The average molecular weight is 363 g/mol. The summed E-state index contributed by atoms with van der Waals surface area (Å²) in [4.78, 5) is 16.6. The first-order valence-corrected chi connectivity index (χ1v) is 8.24. The highest BCUT2D eigenvalue weighted by Gasteiger charge is 2.10. The minimum absolute atomic E-state index is 0.325. The van der Waals surface area contributed by atoms with E-state index in [0.717, 1.165) is 11.3 Å². The molecule has 26 heavy (non-hydrogen) atoms. The highest BCUT2D eigenvalue weighted by atomic mass is 35.5. The lowest BCUT2D eigenvalue weighted by molar-refractivity contribution is 0.102. The standard InChI is InChI=1S/C20H15ClN4O/c1-13-10-16(21)7-8-17(13)24-19-9-6-15(12-23-19)20(26)25-18-5-3-2-4-14(18)11-22/h2-10,12H,1H3,(H,23,24)(H,25,26). The lowest BCUT2D eigenvalue weighted by atomic mass is 10.2. The third-order valence-electron chi connectivity index (χ3n) is 3.77. The van der Waals surface area contributed by atoms with Crippen LogP contribution in [-0.2, 0) is 0 Å². The Morgan fingerprint density at radius 2 is 1.92 bits per heavy atom. The lowest BCUT2D eigenvalue weighted by Gasteiger charge is -2.10. The predicted molar refractivity (Wildman–Crippen MR) is 103 cm³/mol. The van der Waals surface area contributed by atoms with Gasteiger partial charge in [0.05, 0.1) is 16.8 Å². The number of hydrogen-bond acceptors (Lipinski definition) is 4. The molecule has 1 amide bonds. The average Bonchev–Trinajstić information content (AvgIpc) is 2.65. The van der Waals surface area contributed by atoms with Crippen LogP contribution in [-0.4, -0.2) is 10.9 Å². The topological polar surface area (TPSA) is 77.8 Å². The van der Waals surface area contributed by atoms with E-state index < -0.39 is 0 Å². The number of carbonyl (C=O) groups excluding carboxylic acids is 1. The van der Waals surface area contributed by atoms with Gasteiger partial charge in [0.2, 0.25) is 0 Å². The first-order chi connectivity index (χ1) is 12.6. The summed E-state index contributed by atoms with van der Waals surface area (Å²) in [7, 11) is 0. The van der Waals surface area contributed by atoms with Gasteiger partial charge >= 0.3 is 0 Å². The predicted octanol–water partition coefficient (Wildman–Crippen LogP) is 4.91. The number of para-hydroxylation sites is 1. The Morgan fingerprint density at radius 1 is 1.12 bits per heavy atom. The number of aromatic nitrogens is 1. The van der Waals surface area contributed by atoms with Crippen LogP contribution in [0, 0.1) is 18.3 Å². The van der Waals surface area contributed by atoms with Crippen molar-refractivity contribution in [2.75, 3.05) is 10.6 Å². The second-order valence-corrected chi connectivity index (χ2v) is 6.06. The van der Waals surface area contributed by atoms with E-state index in [-0.39, 0.29) is 5.91 Å². The molecule has 0 atom stereocenters. The van der Waals surface area contributed by atoms with E-state index in [1.54, 1.807) is 42.5 Å². The summed E-state index contributed by atoms with van der Waals surface area (Å²) < 4.78 is 0.